The number of aliphatic hydroxyl groups excluding tert-OH is 3. The average molecular weight is 260 g/mol. The van der Waals surface area contributed by atoms with Gasteiger partial charge in [0, 0.05) is 12.3 Å². The maximum absolute atomic E-state index is 11.0. The van der Waals surface area contributed by atoms with Gasteiger partial charge in [-0.2, -0.15) is 0 Å². The van der Waals surface area contributed by atoms with Crippen LogP contribution in [0.15, 0.2) is 12.3 Å². The van der Waals surface area contributed by atoms with Crippen LogP contribution in [-0.4, -0.2) is 68.2 Å². The lowest BCUT2D eigenvalue weighted by molar-refractivity contribution is -0.173. The fourth-order valence-corrected chi connectivity index (χ4v) is 2.11. The highest BCUT2D eigenvalue weighted by molar-refractivity contribution is 5.88. The van der Waals surface area contributed by atoms with Crippen molar-refractivity contribution in [1.82, 2.24) is 10.2 Å². The second-order valence-electron chi connectivity index (χ2n) is 4.53. The van der Waals surface area contributed by atoms with Crippen LogP contribution < -0.4 is 5.32 Å². The number of hydrogen-bond acceptors (Lipinski definition) is 7. The van der Waals surface area contributed by atoms with Crippen LogP contribution in [0, 0.1) is 0 Å². The Kier molecular flexibility index (Phi) is 3.30. The van der Waals surface area contributed by atoms with E-state index in [1.54, 1.807) is 0 Å². The Morgan fingerprint density at radius 2 is 2.22 bits per heavy atom. The fourth-order valence-electron chi connectivity index (χ4n) is 2.11. The first kappa shape index (κ1) is 13.2. The van der Waals surface area contributed by atoms with Gasteiger partial charge in [-0.1, -0.05) is 0 Å². The Morgan fingerprint density at radius 3 is 2.72 bits per heavy atom. The van der Waals surface area contributed by atoms with Crippen LogP contribution in [0.4, 0.5) is 0 Å². The monoisotopic (exact) mass is 260 g/mol. The van der Waals surface area contributed by atoms with E-state index in [1.165, 1.54) is 13.1 Å². The van der Waals surface area contributed by atoms with E-state index in [-0.39, 0.29) is 0 Å². The number of carbonyl (C=O) groups excluding carboxylic acids is 1. The van der Waals surface area contributed by atoms with E-state index in [0.29, 0.717) is 0 Å². The number of hydrogen-bond donors (Lipinski definition) is 5. The SMILES string of the molecule is CC1(O)[C@@H](O)[C@@H](CO)O[C@H]1N1C=CC(=O)NC1O. The molecule has 0 spiro atoms. The molecule has 0 aromatic heterocycles. The van der Waals surface area contributed by atoms with Gasteiger partial charge in [-0.3, -0.25) is 4.79 Å². The lowest BCUT2D eigenvalue weighted by Crippen LogP contribution is -2.59. The molecule has 18 heavy (non-hydrogen) atoms. The second kappa shape index (κ2) is 4.48. The lowest BCUT2D eigenvalue weighted by atomic mass is 9.96. The normalized spacial score (nSPS) is 44.3. The van der Waals surface area contributed by atoms with Gasteiger partial charge < -0.3 is 35.4 Å². The molecule has 2 aliphatic rings. The fraction of sp³-hybridized carbons (Fsp3) is 0.700. The van der Waals surface area contributed by atoms with E-state index in [9.17, 15) is 20.1 Å². The minimum atomic E-state index is -1.69. The molecule has 0 bridgehead atoms. The molecule has 8 heteroatoms. The molecule has 2 rings (SSSR count). The molecule has 5 N–H and O–H groups in total. The van der Waals surface area contributed by atoms with Gasteiger partial charge in [0.05, 0.1) is 6.61 Å². The van der Waals surface area contributed by atoms with Crippen LogP contribution in [0.5, 0.6) is 0 Å². The number of rotatable bonds is 2. The molecule has 1 fully saturated rings. The zero-order valence-corrected chi connectivity index (χ0v) is 9.72. The average Bonchev–Trinajstić information content (AvgIpc) is 2.52. The molecule has 0 saturated carbocycles. The summed E-state index contributed by atoms with van der Waals surface area (Å²) in [5.74, 6) is -0.476. The minimum Gasteiger partial charge on any atom is -0.394 e. The molecule has 8 nitrogen and oxygen atoms in total. The second-order valence-corrected chi connectivity index (χ2v) is 4.53. The van der Waals surface area contributed by atoms with Crippen molar-refractivity contribution >= 4 is 5.91 Å². The highest BCUT2D eigenvalue weighted by Gasteiger charge is 2.55. The van der Waals surface area contributed by atoms with Crippen LogP contribution in [0.25, 0.3) is 0 Å². The molecule has 0 aromatic rings. The van der Waals surface area contributed by atoms with Gasteiger partial charge >= 0.3 is 0 Å². The molecule has 1 saturated heterocycles. The van der Waals surface area contributed by atoms with Crippen LogP contribution >= 0.6 is 0 Å². The zero-order valence-electron chi connectivity index (χ0n) is 9.72. The maximum Gasteiger partial charge on any atom is 0.248 e. The molecule has 5 atom stereocenters. The van der Waals surface area contributed by atoms with Crippen molar-refractivity contribution in [2.75, 3.05) is 6.61 Å². The maximum atomic E-state index is 11.0. The summed E-state index contributed by atoms with van der Waals surface area (Å²) in [6.45, 7) is 0.864. The van der Waals surface area contributed by atoms with Crippen molar-refractivity contribution in [2.45, 2.75) is 37.3 Å². The number of nitrogens with zero attached hydrogens (tertiary/aromatic N) is 1. The van der Waals surface area contributed by atoms with Crippen LogP contribution in [0.1, 0.15) is 6.92 Å². The minimum absolute atomic E-state index is 0.464. The third-order valence-corrected chi connectivity index (χ3v) is 3.16. The van der Waals surface area contributed by atoms with Gasteiger partial charge in [-0.15, -0.1) is 0 Å². The first-order valence-electron chi connectivity index (χ1n) is 5.49. The molecule has 0 radical (unpaired) electrons. The Bertz CT molecular complexity index is 371. The Morgan fingerprint density at radius 1 is 1.56 bits per heavy atom. The van der Waals surface area contributed by atoms with Gasteiger partial charge in [0.15, 0.2) is 6.23 Å². The molecule has 0 aliphatic carbocycles. The Balaban J connectivity index is 2.23. The lowest BCUT2D eigenvalue weighted by Gasteiger charge is -2.39. The third kappa shape index (κ3) is 1.98. The van der Waals surface area contributed by atoms with E-state index in [2.05, 4.69) is 5.32 Å². The van der Waals surface area contributed by atoms with E-state index in [4.69, 9.17) is 9.84 Å². The molecular formula is C10H16N2O6. The summed E-state index contributed by atoms with van der Waals surface area (Å²) in [6, 6.07) is 0. The summed E-state index contributed by atoms with van der Waals surface area (Å²) >= 11 is 0. The largest absolute Gasteiger partial charge is 0.394 e. The quantitative estimate of drug-likeness (QED) is 0.359. The van der Waals surface area contributed by atoms with Crippen molar-refractivity contribution in [3.63, 3.8) is 0 Å². The van der Waals surface area contributed by atoms with Crippen molar-refractivity contribution in [2.24, 2.45) is 0 Å². The van der Waals surface area contributed by atoms with E-state index >= 15 is 0 Å². The predicted octanol–water partition coefficient (Wildman–Crippen LogP) is -2.96. The summed E-state index contributed by atoms with van der Waals surface area (Å²) in [4.78, 5) is 12.2. The highest BCUT2D eigenvalue weighted by Crippen LogP contribution is 2.34. The molecule has 2 aliphatic heterocycles. The molecular weight excluding hydrogens is 244 g/mol. The van der Waals surface area contributed by atoms with Crippen molar-refractivity contribution in [3.8, 4) is 0 Å². The molecule has 2 unspecified atom stereocenters. The summed E-state index contributed by atoms with van der Waals surface area (Å²) < 4.78 is 5.30. The van der Waals surface area contributed by atoms with Gasteiger partial charge in [0.1, 0.15) is 17.8 Å². The zero-order chi connectivity index (χ0) is 13.5. The van der Waals surface area contributed by atoms with Crippen LogP contribution in [0.3, 0.4) is 0 Å². The number of carbonyl (C=O) groups is 1. The number of nitrogens with one attached hydrogen (secondary N) is 1. The van der Waals surface area contributed by atoms with Gasteiger partial charge in [0.2, 0.25) is 12.3 Å². The summed E-state index contributed by atoms with van der Waals surface area (Å²) in [7, 11) is 0. The van der Waals surface area contributed by atoms with Crippen molar-refractivity contribution in [3.05, 3.63) is 12.3 Å². The number of amides is 1. The first-order chi connectivity index (χ1) is 8.37. The van der Waals surface area contributed by atoms with Gasteiger partial charge in [-0.25, -0.2) is 0 Å². The summed E-state index contributed by atoms with van der Waals surface area (Å²) in [5.41, 5.74) is -1.69. The predicted molar refractivity (Wildman–Crippen MR) is 57.5 cm³/mol. The van der Waals surface area contributed by atoms with E-state index in [0.717, 1.165) is 11.0 Å². The Hall–Kier alpha value is -1.19. The molecule has 0 aromatic carbocycles. The molecule has 102 valence electrons. The van der Waals surface area contributed by atoms with E-state index < -0.39 is 42.9 Å². The highest BCUT2D eigenvalue weighted by atomic mass is 16.6. The van der Waals surface area contributed by atoms with Crippen molar-refractivity contribution < 1.29 is 30.0 Å². The summed E-state index contributed by atoms with van der Waals surface area (Å²) in [6.07, 6.45) is -2.30. The smallest absolute Gasteiger partial charge is 0.248 e. The Labute approximate surface area is 103 Å². The van der Waals surface area contributed by atoms with Crippen LogP contribution in [-0.2, 0) is 9.53 Å². The molecule has 2 heterocycles. The van der Waals surface area contributed by atoms with Gasteiger partial charge in [0.25, 0.3) is 0 Å². The third-order valence-electron chi connectivity index (χ3n) is 3.16. The number of aliphatic hydroxyl groups is 4. The van der Waals surface area contributed by atoms with E-state index in [1.807, 2.05) is 0 Å². The topological polar surface area (TPSA) is 122 Å². The first-order valence-corrected chi connectivity index (χ1v) is 5.49. The van der Waals surface area contributed by atoms with Gasteiger partial charge in [-0.05, 0) is 6.92 Å². The summed E-state index contributed by atoms with van der Waals surface area (Å²) in [5, 5.41) is 40.9. The van der Waals surface area contributed by atoms with Crippen molar-refractivity contribution in [1.29, 1.82) is 0 Å². The van der Waals surface area contributed by atoms with Crippen LogP contribution in [0.2, 0.25) is 0 Å². The number of ether oxygens (including phenoxy) is 1. The molecule has 1 amide bonds. The standard InChI is InChI=1S/C10H16N2O6/c1-10(17)7(15)5(4-13)18-8(10)12-3-2-6(14)11-9(12)16/h2-3,5,7-9,13,15-17H,4H2,1H3,(H,11,14)/t5-,7+,8-,9?,10?/m1/s1.